The smallest absolute Gasteiger partial charge is 0.342 e. The van der Waals surface area contributed by atoms with Crippen molar-refractivity contribution in [1.82, 2.24) is 0 Å². The zero-order valence-electron chi connectivity index (χ0n) is 14.8. The molecule has 0 radical (unpaired) electrons. The van der Waals surface area contributed by atoms with Gasteiger partial charge >= 0.3 is 5.97 Å². The van der Waals surface area contributed by atoms with E-state index in [1.807, 2.05) is 49.4 Å². The first-order chi connectivity index (χ1) is 13.0. The summed E-state index contributed by atoms with van der Waals surface area (Å²) in [6, 6.07) is 16.3. The van der Waals surface area contributed by atoms with Gasteiger partial charge < -0.3 is 15.2 Å². The average molecular weight is 376 g/mol. The number of carbonyl (C=O) groups is 1. The van der Waals surface area contributed by atoms with Gasteiger partial charge in [0.05, 0.1) is 17.9 Å². The Labute approximate surface area is 160 Å². The van der Waals surface area contributed by atoms with Crippen molar-refractivity contribution in [2.24, 2.45) is 5.73 Å². The van der Waals surface area contributed by atoms with Gasteiger partial charge in [0.15, 0.2) is 5.75 Å². The van der Waals surface area contributed by atoms with E-state index in [1.54, 1.807) is 0 Å². The van der Waals surface area contributed by atoms with Crippen molar-refractivity contribution in [2.45, 2.75) is 12.8 Å². The van der Waals surface area contributed by atoms with Crippen LogP contribution in [-0.4, -0.2) is 13.1 Å². The van der Waals surface area contributed by atoms with Crippen LogP contribution in [0.5, 0.6) is 5.75 Å². The molecule has 0 amide bonds. The lowest BCUT2D eigenvalue weighted by molar-refractivity contribution is 0.0597. The number of aryl methyl sites for hydroxylation is 1. The SMILES string of the molecule is COC(=O)c1c(C)sc2c1OC(N)=C(C#N)C2c1ccc2ccccc2c1. The molecule has 0 aliphatic carbocycles. The van der Waals surface area contributed by atoms with Gasteiger partial charge in [-0.1, -0.05) is 42.5 Å². The Bertz CT molecular complexity index is 1150. The van der Waals surface area contributed by atoms with E-state index >= 15 is 0 Å². The van der Waals surface area contributed by atoms with Gasteiger partial charge in [0.1, 0.15) is 17.2 Å². The number of nitrogens with two attached hydrogens (primary N) is 1. The molecule has 4 rings (SSSR count). The topological polar surface area (TPSA) is 85.3 Å². The zero-order valence-corrected chi connectivity index (χ0v) is 15.6. The van der Waals surface area contributed by atoms with Crippen LogP contribution in [0.1, 0.15) is 31.6 Å². The van der Waals surface area contributed by atoms with Crippen LogP contribution < -0.4 is 10.5 Å². The Hall–Kier alpha value is -3.30. The van der Waals surface area contributed by atoms with Gasteiger partial charge in [-0.25, -0.2) is 4.79 Å². The summed E-state index contributed by atoms with van der Waals surface area (Å²) >= 11 is 1.42. The van der Waals surface area contributed by atoms with Crippen LogP contribution in [0.4, 0.5) is 0 Å². The molecule has 2 heterocycles. The number of carbonyl (C=O) groups excluding carboxylic acids is 1. The highest BCUT2D eigenvalue weighted by Crippen LogP contribution is 2.49. The zero-order chi connectivity index (χ0) is 19.1. The highest BCUT2D eigenvalue weighted by atomic mass is 32.1. The predicted octanol–water partition coefficient (Wildman–Crippen LogP) is 4.21. The van der Waals surface area contributed by atoms with Gasteiger partial charge in [0, 0.05) is 4.88 Å². The fourth-order valence-corrected chi connectivity index (χ4v) is 4.65. The molecule has 1 atom stereocenters. The molecular weight excluding hydrogens is 360 g/mol. The van der Waals surface area contributed by atoms with Crippen molar-refractivity contribution in [2.75, 3.05) is 7.11 Å². The summed E-state index contributed by atoms with van der Waals surface area (Å²) in [5.74, 6) is -0.453. The minimum absolute atomic E-state index is 0.0195. The molecule has 1 unspecified atom stereocenters. The molecule has 0 spiro atoms. The molecule has 27 heavy (non-hydrogen) atoms. The molecular formula is C21H16N2O3S. The number of allylic oxidation sites excluding steroid dienone is 1. The number of hydrogen-bond donors (Lipinski definition) is 1. The number of thiophene rings is 1. The summed E-state index contributed by atoms with van der Waals surface area (Å²) in [6.45, 7) is 1.83. The van der Waals surface area contributed by atoms with Gasteiger partial charge in [-0.3, -0.25) is 0 Å². The molecule has 1 aliphatic heterocycles. The van der Waals surface area contributed by atoms with Crippen LogP contribution in [0, 0.1) is 18.3 Å². The monoisotopic (exact) mass is 376 g/mol. The normalized spacial score (nSPS) is 15.8. The molecule has 3 aromatic rings. The molecule has 134 valence electrons. The Morgan fingerprint density at radius 3 is 2.70 bits per heavy atom. The highest BCUT2D eigenvalue weighted by molar-refractivity contribution is 7.12. The van der Waals surface area contributed by atoms with E-state index in [1.165, 1.54) is 18.4 Å². The number of rotatable bonds is 2. The van der Waals surface area contributed by atoms with Crippen molar-refractivity contribution in [3.05, 3.63) is 74.8 Å². The lowest BCUT2D eigenvalue weighted by Gasteiger charge is -2.24. The lowest BCUT2D eigenvalue weighted by atomic mass is 9.87. The Balaban J connectivity index is 1.96. The molecule has 1 aliphatic rings. The molecule has 0 bridgehead atoms. The third-order valence-corrected chi connectivity index (χ3v) is 5.86. The third-order valence-electron chi connectivity index (χ3n) is 4.71. The first-order valence-electron chi connectivity index (χ1n) is 8.33. The van der Waals surface area contributed by atoms with Crippen LogP contribution in [0.25, 0.3) is 10.8 Å². The Kier molecular flexibility index (Phi) is 4.09. The number of ether oxygens (including phenoxy) is 2. The maximum Gasteiger partial charge on any atom is 0.342 e. The van der Waals surface area contributed by atoms with Crippen LogP contribution in [0.3, 0.4) is 0 Å². The van der Waals surface area contributed by atoms with Crippen LogP contribution >= 0.6 is 11.3 Å². The molecule has 2 aromatic carbocycles. The van der Waals surface area contributed by atoms with Gasteiger partial charge in [-0.05, 0) is 23.3 Å². The first kappa shape index (κ1) is 17.1. The number of fused-ring (bicyclic) bond motifs is 2. The maximum atomic E-state index is 12.2. The summed E-state index contributed by atoms with van der Waals surface area (Å²) in [7, 11) is 1.33. The summed E-state index contributed by atoms with van der Waals surface area (Å²) in [6.07, 6.45) is 0. The number of methoxy groups -OCH3 is 1. The predicted molar refractivity (Wildman–Crippen MR) is 104 cm³/mol. The van der Waals surface area contributed by atoms with E-state index in [4.69, 9.17) is 15.2 Å². The molecule has 1 aromatic heterocycles. The van der Waals surface area contributed by atoms with Crippen molar-refractivity contribution >= 4 is 28.1 Å². The van der Waals surface area contributed by atoms with Gasteiger partial charge in [0.2, 0.25) is 5.88 Å². The highest BCUT2D eigenvalue weighted by Gasteiger charge is 2.37. The summed E-state index contributed by atoms with van der Waals surface area (Å²) in [5.41, 5.74) is 7.69. The molecule has 0 saturated carbocycles. The molecule has 6 heteroatoms. The van der Waals surface area contributed by atoms with Crippen molar-refractivity contribution in [3.8, 4) is 11.8 Å². The maximum absolute atomic E-state index is 12.2. The second-order valence-electron chi connectivity index (χ2n) is 6.25. The summed E-state index contributed by atoms with van der Waals surface area (Å²) in [5, 5.41) is 11.9. The van der Waals surface area contributed by atoms with Crippen molar-refractivity contribution in [1.29, 1.82) is 5.26 Å². The quantitative estimate of drug-likeness (QED) is 0.677. The van der Waals surface area contributed by atoms with E-state index in [2.05, 4.69) is 6.07 Å². The van der Waals surface area contributed by atoms with Crippen LogP contribution in [-0.2, 0) is 4.74 Å². The second-order valence-corrected chi connectivity index (χ2v) is 7.51. The molecule has 5 nitrogen and oxygen atoms in total. The van der Waals surface area contributed by atoms with E-state index in [0.29, 0.717) is 16.9 Å². The number of nitrogens with zero attached hydrogens (tertiary/aromatic N) is 1. The second kappa shape index (κ2) is 6.45. The average Bonchev–Trinajstić information content (AvgIpc) is 3.01. The van der Waals surface area contributed by atoms with E-state index < -0.39 is 5.97 Å². The largest absolute Gasteiger partial charge is 0.465 e. The standard InChI is InChI=1S/C21H16N2O3S/c1-11-16(21(24)25-2)18-19(27-11)17(15(10-22)20(23)26-18)14-8-7-12-5-3-4-6-13(12)9-14/h3-9,17H,23H2,1-2H3. The molecule has 0 saturated heterocycles. The number of nitriles is 1. The lowest BCUT2D eigenvalue weighted by Crippen LogP contribution is -2.21. The fourth-order valence-electron chi connectivity index (χ4n) is 3.44. The van der Waals surface area contributed by atoms with Crippen LogP contribution in [0.2, 0.25) is 0 Å². The Morgan fingerprint density at radius 1 is 1.26 bits per heavy atom. The molecule has 2 N–H and O–H groups in total. The molecule has 0 fully saturated rings. The third kappa shape index (κ3) is 2.64. The van der Waals surface area contributed by atoms with Gasteiger partial charge in [-0.2, -0.15) is 5.26 Å². The summed E-state index contributed by atoms with van der Waals surface area (Å²) in [4.78, 5) is 13.8. The van der Waals surface area contributed by atoms with Crippen LogP contribution in [0.15, 0.2) is 53.9 Å². The minimum Gasteiger partial charge on any atom is -0.465 e. The van der Waals surface area contributed by atoms with Crippen molar-refractivity contribution in [3.63, 3.8) is 0 Å². The fraction of sp³-hybridized carbons (Fsp3) is 0.143. The first-order valence-corrected chi connectivity index (χ1v) is 9.14. The summed E-state index contributed by atoms with van der Waals surface area (Å²) < 4.78 is 10.6. The number of esters is 1. The van der Waals surface area contributed by atoms with E-state index in [-0.39, 0.29) is 11.8 Å². The van der Waals surface area contributed by atoms with E-state index in [9.17, 15) is 10.1 Å². The van der Waals surface area contributed by atoms with Gasteiger partial charge in [-0.15, -0.1) is 11.3 Å². The number of benzene rings is 2. The van der Waals surface area contributed by atoms with Crippen molar-refractivity contribution < 1.29 is 14.3 Å². The Morgan fingerprint density at radius 2 is 2.00 bits per heavy atom. The van der Waals surface area contributed by atoms with Gasteiger partial charge in [0.25, 0.3) is 0 Å². The van der Waals surface area contributed by atoms with E-state index in [0.717, 1.165) is 26.1 Å². The number of hydrogen-bond acceptors (Lipinski definition) is 6. The minimum atomic E-state index is -0.476.